The number of para-hydroxylation sites is 1. The molecule has 1 atom stereocenters. The fourth-order valence-corrected chi connectivity index (χ4v) is 3.68. The minimum Gasteiger partial charge on any atom is -0.496 e. The molecule has 1 amide bonds. The molecule has 148 valence electrons. The number of anilines is 1. The fourth-order valence-electron chi connectivity index (χ4n) is 3.68. The second kappa shape index (κ2) is 8.73. The van der Waals surface area contributed by atoms with Crippen LogP contribution < -0.4 is 15.0 Å². The van der Waals surface area contributed by atoms with Crippen LogP contribution in [0.5, 0.6) is 5.75 Å². The van der Waals surface area contributed by atoms with E-state index in [1.54, 1.807) is 19.5 Å². The third-order valence-electron chi connectivity index (χ3n) is 5.16. The summed E-state index contributed by atoms with van der Waals surface area (Å²) in [6.45, 7) is 2.03. The van der Waals surface area contributed by atoms with Crippen molar-refractivity contribution in [3.8, 4) is 5.75 Å². The van der Waals surface area contributed by atoms with Crippen molar-refractivity contribution >= 4 is 11.6 Å². The maximum absolute atomic E-state index is 13.1. The zero-order valence-electron chi connectivity index (χ0n) is 16.4. The summed E-state index contributed by atoms with van der Waals surface area (Å²) in [5.41, 5.74) is 3.01. The first-order chi connectivity index (χ1) is 14.3. The van der Waals surface area contributed by atoms with Gasteiger partial charge < -0.3 is 15.0 Å². The zero-order valence-corrected chi connectivity index (χ0v) is 16.4. The smallest absolute Gasteiger partial charge is 0.270 e. The molecule has 1 aliphatic rings. The summed E-state index contributed by atoms with van der Waals surface area (Å²) < 4.78 is 5.52. The Hall–Kier alpha value is -3.41. The van der Waals surface area contributed by atoms with E-state index in [1.807, 2.05) is 54.6 Å². The number of hydrogen-bond acceptors (Lipinski definition) is 5. The number of methoxy groups -OCH3 is 1. The first-order valence-electron chi connectivity index (χ1n) is 9.82. The topological polar surface area (TPSA) is 67.3 Å². The summed E-state index contributed by atoms with van der Waals surface area (Å²) in [5.74, 6) is 0.454. The van der Waals surface area contributed by atoms with Gasteiger partial charge in [0.2, 0.25) is 0 Å². The summed E-state index contributed by atoms with van der Waals surface area (Å²) >= 11 is 0. The largest absolute Gasteiger partial charge is 0.496 e. The van der Waals surface area contributed by atoms with E-state index in [9.17, 15) is 4.79 Å². The predicted molar refractivity (Wildman–Crippen MR) is 112 cm³/mol. The fraction of sp³-hybridized carbons (Fsp3) is 0.261. The zero-order chi connectivity index (χ0) is 20.1. The van der Waals surface area contributed by atoms with E-state index in [0.717, 1.165) is 30.0 Å². The number of nitrogens with one attached hydrogen (secondary N) is 1. The molecule has 0 spiro atoms. The number of benzene rings is 1. The van der Waals surface area contributed by atoms with E-state index in [-0.39, 0.29) is 5.91 Å². The molecule has 29 heavy (non-hydrogen) atoms. The van der Waals surface area contributed by atoms with Crippen LogP contribution in [-0.4, -0.2) is 36.1 Å². The molecule has 2 aromatic heterocycles. The standard InChI is InChI=1S/C23H24N4O2/c1-29-21-10-3-2-8-18(21)22(19-9-4-5-12-24-19)26-23(28)20-16-17(11-13-25-20)27-14-6-7-15-27/h2-5,8-13,16,22H,6-7,14-15H2,1H3,(H,26,28). The number of amides is 1. The van der Waals surface area contributed by atoms with Crippen molar-refractivity contribution in [3.63, 3.8) is 0 Å². The van der Waals surface area contributed by atoms with Crippen molar-refractivity contribution in [1.82, 2.24) is 15.3 Å². The molecule has 3 heterocycles. The summed E-state index contributed by atoms with van der Waals surface area (Å²) in [5, 5.41) is 3.10. The highest BCUT2D eigenvalue weighted by molar-refractivity contribution is 5.93. The minimum absolute atomic E-state index is 0.243. The molecule has 1 aromatic carbocycles. The van der Waals surface area contributed by atoms with Crippen LogP contribution in [0.4, 0.5) is 5.69 Å². The van der Waals surface area contributed by atoms with Crippen LogP contribution in [0.3, 0.4) is 0 Å². The molecule has 6 heteroatoms. The number of ether oxygens (including phenoxy) is 1. The lowest BCUT2D eigenvalue weighted by atomic mass is 10.0. The Bertz CT molecular complexity index is 971. The van der Waals surface area contributed by atoms with Gasteiger partial charge in [-0.25, -0.2) is 0 Å². The van der Waals surface area contributed by atoms with Crippen molar-refractivity contribution < 1.29 is 9.53 Å². The van der Waals surface area contributed by atoms with Crippen molar-refractivity contribution in [2.75, 3.05) is 25.1 Å². The van der Waals surface area contributed by atoms with Crippen LogP contribution >= 0.6 is 0 Å². The average Bonchev–Trinajstić information content (AvgIpc) is 3.33. The summed E-state index contributed by atoms with van der Waals surface area (Å²) in [6, 6.07) is 16.7. The summed E-state index contributed by atoms with van der Waals surface area (Å²) in [4.78, 5) is 24.2. The van der Waals surface area contributed by atoms with Crippen LogP contribution in [0.2, 0.25) is 0 Å². The van der Waals surface area contributed by atoms with Gasteiger partial charge in [0, 0.05) is 36.7 Å². The third-order valence-corrected chi connectivity index (χ3v) is 5.16. The van der Waals surface area contributed by atoms with Gasteiger partial charge in [-0.3, -0.25) is 14.8 Å². The molecular weight excluding hydrogens is 364 g/mol. The van der Waals surface area contributed by atoms with Crippen LogP contribution in [0.15, 0.2) is 67.0 Å². The van der Waals surface area contributed by atoms with E-state index in [1.165, 1.54) is 12.8 Å². The highest BCUT2D eigenvalue weighted by Crippen LogP contribution is 2.29. The second-order valence-electron chi connectivity index (χ2n) is 7.00. The first kappa shape index (κ1) is 18.9. The van der Waals surface area contributed by atoms with Gasteiger partial charge in [0.05, 0.1) is 12.8 Å². The Morgan fingerprint density at radius 3 is 2.59 bits per heavy atom. The Kier molecular flexibility index (Phi) is 5.70. The lowest BCUT2D eigenvalue weighted by Crippen LogP contribution is -2.31. The number of rotatable bonds is 6. The molecule has 1 aliphatic heterocycles. The van der Waals surface area contributed by atoms with Gasteiger partial charge in [-0.2, -0.15) is 0 Å². The SMILES string of the molecule is COc1ccccc1C(NC(=O)c1cc(N2CCCC2)ccn1)c1ccccn1. The lowest BCUT2D eigenvalue weighted by Gasteiger charge is -2.21. The molecule has 1 saturated heterocycles. The van der Waals surface area contributed by atoms with E-state index in [0.29, 0.717) is 11.4 Å². The van der Waals surface area contributed by atoms with Crippen molar-refractivity contribution in [2.24, 2.45) is 0 Å². The van der Waals surface area contributed by atoms with Crippen molar-refractivity contribution in [1.29, 1.82) is 0 Å². The van der Waals surface area contributed by atoms with Crippen LogP contribution in [0.1, 0.15) is 40.6 Å². The highest BCUT2D eigenvalue weighted by atomic mass is 16.5. The summed E-state index contributed by atoms with van der Waals surface area (Å²) in [7, 11) is 1.62. The lowest BCUT2D eigenvalue weighted by molar-refractivity contribution is 0.0937. The van der Waals surface area contributed by atoms with Crippen molar-refractivity contribution in [3.05, 3.63) is 83.9 Å². The molecule has 6 nitrogen and oxygen atoms in total. The Balaban J connectivity index is 1.64. The van der Waals surface area contributed by atoms with Crippen molar-refractivity contribution in [2.45, 2.75) is 18.9 Å². The molecule has 4 rings (SSSR count). The van der Waals surface area contributed by atoms with E-state index in [2.05, 4.69) is 20.2 Å². The number of carbonyl (C=O) groups is 1. The van der Waals surface area contributed by atoms with Gasteiger partial charge in [0.1, 0.15) is 17.5 Å². The summed E-state index contributed by atoms with van der Waals surface area (Å²) in [6.07, 6.45) is 5.77. The van der Waals surface area contributed by atoms with E-state index < -0.39 is 6.04 Å². The number of carbonyl (C=O) groups excluding carboxylic acids is 1. The molecule has 1 fully saturated rings. The molecule has 3 aromatic rings. The average molecular weight is 388 g/mol. The molecule has 1 N–H and O–H groups in total. The molecule has 0 bridgehead atoms. The van der Waals surface area contributed by atoms with E-state index >= 15 is 0 Å². The maximum atomic E-state index is 13.1. The number of pyridine rings is 2. The molecule has 1 unspecified atom stereocenters. The monoisotopic (exact) mass is 388 g/mol. The number of aromatic nitrogens is 2. The van der Waals surface area contributed by atoms with Crippen LogP contribution in [0.25, 0.3) is 0 Å². The van der Waals surface area contributed by atoms with Gasteiger partial charge in [0.15, 0.2) is 0 Å². The van der Waals surface area contributed by atoms with Gasteiger partial charge >= 0.3 is 0 Å². The quantitative estimate of drug-likeness (QED) is 0.699. The Morgan fingerprint density at radius 1 is 1.03 bits per heavy atom. The minimum atomic E-state index is -0.447. The molecule has 0 saturated carbocycles. The van der Waals surface area contributed by atoms with E-state index in [4.69, 9.17) is 4.74 Å². The Labute approximate surface area is 170 Å². The Morgan fingerprint density at radius 2 is 1.83 bits per heavy atom. The van der Waals surface area contributed by atoms with Gasteiger partial charge in [-0.1, -0.05) is 24.3 Å². The highest BCUT2D eigenvalue weighted by Gasteiger charge is 2.23. The van der Waals surface area contributed by atoms with Gasteiger partial charge in [-0.05, 0) is 43.2 Å². The van der Waals surface area contributed by atoms with Gasteiger partial charge in [0.25, 0.3) is 5.91 Å². The number of nitrogens with zero attached hydrogens (tertiary/aromatic N) is 3. The molecule has 0 aliphatic carbocycles. The first-order valence-corrected chi connectivity index (χ1v) is 9.82. The van der Waals surface area contributed by atoms with Crippen LogP contribution in [-0.2, 0) is 0 Å². The number of hydrogen-bond donors (Lipinski definition) is 1. The third kappa shape index (κ3) is 4.21. The maximum Gasteiger partial charge on any atom is 0.270 e. The predicted octanol–water partition coefficient (Wildman–Crippen LogP) is 3.60. The normalized spacial score (nSPS) is 14.4. The van der Waals surface area contributed by atoms with Gasteiger partial charge in [-0.15, -0.1) is 0 Å². The molecule has 0 radical (unpaired) electrons. The molecular formula is C23H24N4O2. The second-order valence-corrected chi connectivity index (χ2v) is 7.00. The van der Waals surface area contributed by atoms with Crippen LogP contribution in [0, 0.1) is 0 Å².